The van der Waals surface area contributed by atoms with Gasteiger partial charge in [-0.2, -0.15) is 4.89 Å². The van der Waals surface area contributed by atoms with Crippen molar-refractivity contribution in [2.75, 3.05) is 0 Å². The molecule has 0 saturated carbocycles. The first-order valence-corrected chi connectivity index (χ1v) is 16.1. The minimum absolute atomic E-state index is 0.0910. The van der Waals surface area contributed by atoms with Crippen LogP contribution in [0, 0.1) is 10.1 Å². The predicted octanol–water partition coefficient (Wildman–Crippen LogP) is 3.00. The van der Waals surface area contributed by atoms with E-state index in [1.165, 1.54) is 30.3 Å². The van der Waals surface area contributed by atoms with E-state index in [0.29, 0.717) is 28.8 Å². The number of benzene rings is 3. The van der Waals surface area contributed by atoms with Crippen LogP contribution in [0.2, 0.25) is 0 Å². The van der Waals surface area contributed by atoms with E-state index < -0.39 is 56.7 Å². The molecule has 0 radical (unpaired) electrons. The van der Waals surface area contributed by atoms with Gasteiger partial charge in [0.25, 0.3) is 11.6 Å². The van der Waals surface area contributed by atoms with Gasteiger partial charge in [-0.05, 0) is 48.7 Å². The van der Waals surface area contributed by atoms with Crippen molar-refractivity contribution < 1.29 is 48.5 Å². The maximum Gasteiger partial charge on any atom is 0.408 e. The lowest BCUT2D eigenvalue weighted by Crippen LogP contribution is -2.80. The molecule has 3 aliphatic heterocycles. The summed E-state index contributed by atoms with van der Waals surface area (Å²) in [5.41, 5.74) is -0.161. The van der Waals surface area contributed by atoms with Gasteiger partial charge >= 0.3 is 12.1 Å². The van der Waals surface area contributed by atoms with Crippen LogP contribution in [0.15, 0.2) is 72.8 Å². The first kappa shape index (κ1) is 34.2. The van der Waals surface area contributed by atoms with Crippen molar-refractivity contribution in [3.05, 3.63) is 105 Å². The van der Waals surface area contributed by atoms with E-state index in [-0.39, 0.29) is 31.0 Å². The molecule has 0 aliphatic carbocycles. The molecule has 6 rings (SSSR count). The smallest absolute Gasteiger partial charge is 0.408 e. The fourth-order valence-electron chi connectivity index (χ4n) is 6.37. The number of fused-ring (bicyclic) bond motifs is 2. The molecule has 50 heavy (non-hydrogen) atoms. The van der Waals surface area contributed by atoms with Gasteiger partial charge in [-0.1, -0.05) is 42.5 Å². The van der Waals surface area contributed by atoms with E-state index in [0.717, 1.165) is 21.6 Å². The lowest BCUT2D eigenvalue weighted by molar-refractivity contribution is -0.384. The number of carbonyl (C=O) groups excluding carboxylic acids is 4. The summed E-state index contributed by atoms with van der Waals surface area (Å²) in [5, 5.41) is 25.9. The fraction of sp³-hybridized carbons (Fsp3) is 0.303. The number of nitrogens with one attached hydrogen (secondary N) is 2. The average Bonchev–Trinajstić information content (AvgIpc) is 3.66. The maximum atomic E-state index is 13.9. The molecule has 3 aromatic rings. The molecule has 16 nitrogen and oxygen atoms in total. The van der Waals surface area contributed by atoms with Gasteiger partial charge in [-0.15, -0.1) is 11.8 Å². The van der Waals surface area contributed by atoms with E-state index >= 15 is 0 Å². The lowest BCUT2D eigenvalue weighted by Gasteiger charge is -2.53. The number of carboxylic acids is 1. The number of aliphatic carboxylic acids is 1. The van der Waals surface area contributed by atoms with Crippen molar-refractivity contribution in [1.82, 2.24) is 20.4 Å². The van der Waals surface area contributed by atoms with Crippen LogP contribution in [-0.4, -0.2) is 71.9 Å². The second-order valence-electron chi connectivity index (χ2n) is 12.2. The van der Waals surface area contributed by atoms with E-state index in [2.05, 4.69) is 10.6 Å². The summed E-state index contributed by atoms with van der Waals surface area (Å²) in [5.74, 6) is -2.63. The lowest BCUT2D eigenvalue weighted by atomic mass is 9.86. The average molecular weight is 706 g/mol. The fourth-order valence-corrected chi connectivity index (χ4v) is 8.13. The van der Waals surface area contributed by atoms with Crippen LogP contribution in [0.25, 0.3) is 0 Å². The van der Waals surface area contributed by atoms with Crippen molar-refractivity contribution in [2.24, 2.45) is 0 Å². The van der Waals surface area contributed by atoms with Crippen LogP contribution in [0.5, 0.6) is 5.75 Å². The number of alkyl carbamates (subject to hydrolysis) is 1. The SMILES string of the molecule is CC1(C)S[C@@H]2[C@H](NC(=O)C(NC(=O)OCc3ccc([N+](=O)[O-])cc3)c3ccc4c(c3)OOC4)C(=O)N2[C@]1(C(=O)O)N(C=O)Cc1ccccc1. The Morgan fingerprint density at radius 2 is 1.86 bits per heavy atom. The van der Waals surface area contributed by atoms with Gasteiger partial charge in [0.1, 0.15) is 30.7 Å². The molecule has 4 atom stereocenters. The summed E-state index contributed by atoms with van der Waals surface area (Å²) < 4.78 is 4.06. The number of non-ortho nitro benzene ring substituents is 1. The number of hydrogen-bond acceptors (Lipinski definition) is 11. The molecule has 260 valence electrons. The monoisotopic (exact) mass is 705 g/mol. The van der Waals surface area contributed by atoms with Gasteiger partial charge in [0.15, 0.2) is 5.75 Å². The first-order chi connectivity index (χ1) is 23.9. The maximum absolute atomic E-state index is 13.9. The topological polar surface area (TPSA) is 207 Å². The zero-order valence-corrected chi connectivity index (χ0v) is 27.5. The Balaban J connectivity index is 1.22. The normalized spacial score (nSPS) is 21.8. The van der Waals surface area contributed by atoms with E-state index in [1.807, 2.05) is 0 Å². The van der Waals surface area contributed by atoms with Crippen LogP contribution in [0.3, 0.4) is 0 Å². The Bertz CT molecular complexity index is 1860. The Morgan fingerprint density at radius 3 is 2.52 bits per heavy atom. The van der Waals surface area contributed by atoms with Crippen molar-refractivity contribution in [2.45, 2.75) is 61.5 Å². The molecule has 2 saturated heterocycles. The zero-order chi connectivity index (χ0) is 35.8. The van der Waals surface area contributed by atoms with Gasteiger partial charge in [-0.3, -0.25) is 29.4 Å². The molecule has 0 bridgehead atoms. The highest BCUT2D eigenvalue weighted by molar-refractivity contribution is 8.01. The number of carboxylic acid groups (broad SMARTS) is 1. The van der Waals surface area contributed by atoms with Crippen molar-refractivity contribution in [3.8, 4) is 5.75 Å². The van der Waals surface area contributed by atoms with Crippen LogP contribution in [0.4, 0.5) is 10.5 Å². The Labute approximate surface area is 288 Å². The zero-order valence-electron chi connectivity index (χ0n) is 26.6. The highest BCUT2D eigenvalue weighted by Gasteiger charge is 2.75. The molecule has 2 fully saturated rings. The van der Waals surface area contributed by atoms with Crippen LogP contribution < -0.4 is 15.5 Å². The van der Waals surface area contributed by atoms with E-state index in [1.54, 1.807) is 56.3 Å². The van der Waals surface area contributed by atoms with Gasteiger partial charge in [0, 0.05) is 24.2 Å². The molecular formula is C33H31N5O11S. The number of β-lactam (4-membered cyclic amide) rings is 1. The quantitative estimate of drug-likeness (QED) is 0.0818. The standard InChI is InChI=1S/C33H31N5O11S/c1-32(2)33(30(42)43,36(18-39)15-19-6-4-3-5-7-19)37-28(41)26(29(37)50-32)34-27(40)25(21-10-11-22-17-48-49-24(22)14-21)35-31(44)47-16-20-8-12-23(13-9-20)38(45)46/h3-14,18,25-26,29H,15-17H2,1-2H3,(H,34,40)(H,35,44)(H,42,43)/t25?,26-,29-,33+/m1/s1. The second-order valence-corrected chi connectivity index (χ2v) is 13.9. The Hall–Kier alpha value is -5.68. The van der Waals surface area contributed by atoms with Crippen molar-refractivity contribution in [3.63, 3.8) is 0 Å². The third-order valence-electron chi connectivity index (χ3n) is 8.81. The number of amides is 4. The molecule has 1 unspecified atom stereocenters. The first-order valence-electron chi connectivity index (χ1n) is 15.3. The summed E-state index contributed by atoms with van der Waals surface area (Å²) in [6.07, 6.45) is -0.598. The van der Waals surface area contributed by atoms with Crippen molar-refractivity contribution in [1.29, 1.82) is 0 Å². The number of rotatable bonds is 12. The largest absolute Gasteiger partial charge is 0.478 e. The number of nitro groups is 1. The highest BCUT2D eigenvalue weighted by atomic mass is 32.2. The minimum atomic E-state index is -2.09. The van der Waals surface area contributed by atoms with Gasteiger partial charge < -0.3 is 30.3 Å². The van der Waals surface area contributed by atoms with Gasteiger partial charge in [0.2, 0.25) is 18.0 Å². The van der Waals surface area contributed by atoms with E-state index in [4.69, 9.17) is 14.5 Å². The van der Waals surface area contributed by atoms with Crippen LogP contribution in [-0.2, 0) is 48.6 Å². The number of thioether (sulfide) groups is 1. The van der Waals surface area contributed by atoms with Crippen LogP contribution >= 0.6 is 11.8 Å². The van der Waals surface area contributed by atoms with Gasteiger partial charge in [-0.25, -0.2) is 9.59 Å². The molecular weight excluding hydrogens is 674 g/mol. The molecule has 17 heteroatoms. The van der Waals surface area contributed by atoms with E-state index in [9.17, 15) is 39.2 Å². The number of nitro benzene ring substituents is 1. The third kappa shape index (κ3) is 5.94. The molecule has 0 spiro atoms. The Kier molecular flexibility index (Phi) is 9.11. The molecule has 3 aliphatic rings. The highest BCUT2D eigenvalue weighted by Crippen LogP contribution is 2.58. The number of ether oxygens (including phenoxy) is 1. The number of nitrogens with zero attached hydrogens (tertiary/aromatic N) is 3. The number of hydrogen-bond donors (Lipinski definition) is 3. The molecule has 3 aromatic carbocycles. The van der Waals surface area contributed by atoms with Crippen LogP contribution in [0.1, 0.15) is 42.1 Å². The second kappa shape index (κ2) is 13.3. The summed E-state index contributed by atoms with van der Waals surface area (Å²) in [6.45, 7) is 3.06. The Morgan fingerprint density at radius 1 is 1.14 bits per heavy atom. The van der Waals surface area contributed by atoms with Gasteiger partial charge in [0.05, 0.1) is 9.67 Å². The summed E-state index contributed by atoms with van der Waals surface area (Å²) in [6, 6.07) is 16.2. The number of carbonyl (C=O) groups is 5. The summed E-state index contributed by atoms with van der Waals surface area (Å²) in [7, 11) is 0. The molecule has 3 heterocycles. The molecule has 0 aromatic heterocycles. The third-order valence-corrected chi connectivity index (χ3v) is 10.4. The molecule has 4 amide bonds. The molecule has 3 N–H and O–H groups in total. The van der Waals surface area contributed by atoms with Crippen molar-refractivity contribution >= 4 is 47.7 Å². The minimum Gasteiger partial charge on any atom is -0.478 e. The predicted molar refractivity (Wildman–Crippen MR) is 174 cm³/mol. The summed E-state index contributed by atoms with van der Waals surface area (Å²) >= 11 is 1.13. The summed E-state index contributed by atoms with van der Waals surface area (Å²) in [4.78, 5) is 89.0.